The van der Waals surface area contributed by atoms with Gasteiger partial charge >= 0.3 is 0 Å². The summed E-state index contributed by atoms with van der Waals surface area (Å²) >= 11 is 3.10. The number of sulfonamides is 1. The molecule has 1 aromatic heterocycles. The normalized spacial score (nSPS) is 13.3. The van der Waals surface area contributed by atoms with Gasteiger partial charge in [-0.3, -0.25) is 14.0 Å². The topological polar surface area (TPSA) is 70.6 Å². The van der Waals surface area contributed by atoms with Crippen molar-refractivity contribution in [1.29, 1.82) is 0 Å². The van der Waals surface area contributed by atoms with Crippen LogP contribution in [0.25, 0.3) is 10.2 Å². The number of carbonyl (C=O) groups is 1. The molecule has 5 aromatic rings. The molecule has 202 valence electrons. The lowest BCUT2D eigenvalue weighted by Crippen LogP contribution is -2.35. The van der Waals surface area contributed by atoms with Gasteiger partial charge in [-0.25, -0.2) is 13.4 Å². The highest BCUT2D eigenvalue weighted by atomic mass is 32.2. The van der Waals surface area contributed by atoms with Crippen molar-refractivity contribution in [2.24, 2.45) is 0 Å². The van der Waals surface area contributed by atoms with Crippen molar-refractivity contribution in [1.82, 2.24) is 4.98 Å². The first-order valence-corrected chi connectivity index (χ1v) is 16.4. The van der Waals surface area contributed by atoms with E-state index in [-0.39, 0.29) is 10.8 Å². The maximum Gasteiger partial charge on any atom is 0.264 e. The molecule has 0 bridgehead atoms. The van der Waals surface area contributed by atoms with E-state index in [0.29, 0.717) is 23.8 Å². The van der Waals surface area contributed by atoms with Crippen LogP contribution in [0.2, 0.25) is 0 Å². The van der Waals surface area contributed by atoms with Gasteiger partial charge in [0.15, 0.2) is 5.13 Å². The number of aromatic nitrogens is 1. The van der Waals surface area contributed by atoms with Gasteiger partial charge in [-0.2, -0.15) is 0 Å². The Morgan fingerprint density at radius 3 is 2.48 bits per heavy atom. The zero-order valence-electron chi connectivity index (χ0n) is 21.9. The summed E-state index contributed by atoms with van der Waals surface area (Å²) in [6.45, 7) is 0.777. The van der Waals surface area contributed by atoms with Crippen LogP contribution in [0.5, 0.6) is 0 Å². The number of amides is 1. The molecule has 6 rings (SSSR count). The molecule has 0 aliphatic carbocycles. The van der Waals surface area contributed by atoms with Crippen molar-refractivity contribution in [3.63, 3.8) is 0 Å². The minimum absolute atomic E-state index is 0.167. The third-order valence-electron chi connectivity index (χ3n) is 7.01. The molecule has 0 saturated heterocycles. The standard InChI is InChI=1S/C31H27N3O3S3/c1-38-27-14-7-15-28-29(27)32-31(39-28)33(21-22-9-3-2-4-10-22)30(35)24-16-18-25(19-17-24)40(36,37)34-20-8-12-23-11-5-6-13-26(23)34/h2-7,9-11,13-19H,8,12,20-21H2,1H3. The molecule has 6 nitrogen and oxygen atoms in total. The van der Waals surface area contributed by atoms with Gasteiger partial charge in [0.05, 0.1) is 27.3 Å². The number of carbonyl (C=O) groups excluding carboxylic acids is 1. The molecule has 0 fully saturated rings. The van der Waals surface area contributed by atoms with E-state index >= 15 is 0 Å². The Bertz CT molecular complexity index is 1790. The van der Waals surface area contributed by atoms with Crippen LogP contribution in [-0.4, -0.2) is 32.1 Å². The highest BCUT2D eigenvalue weighted by Crippen LogP contribution is 2.36. The zero-order chi connectivity index (χ0) is 27.7. The SMILES string of the molecule is CSc1cccc2sc(N(Cc3ccccc3)C(=O)c3ccc(S(=O)(=O)N4CCCc5ccccc54)cc3)nc12. The lowest BCUT2D eigenvalue weighted by molar-refractivity contribution is 0.0985. The summed E-state index contributed by atoms with van der Waals surface area (Å²) < 4.78 is 29.7. The summed E-state index contributed by atoms with van der Waals surface area (Å²) in [6, 6.07) is 29.7. The van der Waals surface area contributed by atoms with E-state index < -0.39 is 10.0 Å². The number of thiazole rings is 1. The Hall–Kier alpha value is -3.66. The Morgan fingerprint density at radius 2 is 1.70 bits per heavy atom. The van der Waals surface area contributed by atoms with E-state index in [4.69, 9.17) is 4.98 Å². The Balaban J connectivity index is 1.34. The average molecular weight is 586 g/mol. The molecule has 4 aromatic carbocycles. The first-order valence-electron chi connectivity index (χ1n) is 13.0. The van der Waals surface area contributed by atoms with E-state index in [2.05, 4.69) is 0 Å². The van der Waals surface area contributed by atoms with Crippen molar-refractivity contribution in [3.05, 3.63) is 114 Å². The van der Waals surface area contributed by atoms with Gasteiger partial charge in [0.1, 0.15) is 0 Å². The van der Waals surface area contributed by atoms with Crippen LogP contribution in [0, 0.1) is 0 Å². The summed E-state index contributed by atoms with van der Waals surface area (Å²) in [5, 5.41) is 0.604. The smallest absolute Gasteiger partial charge is 0.264 e. The second kappa shape index (κ2) is 11.1. The number of benzene rings is 4. The molecule has 9 heteroatoms. The quantitative estimate of drug-likeness (QED) is 0.192. The number of nitrogens with zero attached hydrogens (tertiary/aromatic N) is 3. The van der Waals surface area contributed by atoms with Crippen molar-refractivity contribution >= 4 is 60.1 Å². The monoisotopic (exact) mass is 585 g/mol. The number of aryl methyl sites for hydroxylation is 1. The Morgan fingerprint density at radius 1 is 0.950 bits per heavy atom. The third kappa shape index (κ3) is 5.00. The highest BCUT2D eigenvalue weighted by molar-refractivity contribution is 7.98. The maximum atomic E-state index is 13.9. The molecule has 2 heterocycles. The third-order valence-corrected chi connectivity index (χ3v) is 10.6. The summed E-state index contributed by atoms with van der Waals surface area (Å²) in [5.41, 5.74) is 4.01. The predicted molar refractivity (Wildman–Crippen MR) is 164 cm³/mol. The molecular formula is C31H27N3O3S3. The van der Waals surface area contributed by atoms with Gasteiger partial charge in [0.2, 0.25) is 0 Å². The van der Waals surface area contributed by atoms with E-state index in [1.54, 1.807) is 28.8 Å². The van der Waals surface area contributed by atoms with Crippen molar-refractivity contribution in [2.75, 3.05) is 22.0 Å². The average Bonchev–Trinajstić information content (AvgIpc) is 3.44. The summed E-state index contributed by atoms with van der Waals surface area (Å²) in [5.74, 6) is -0.235. The number of rotatable bonds is 7. The molecule has 1 aliphatic heterocycles. The van der Waals surface area contributed by atoms with Crippen molar-refractivity contribution < 1.29 is 13.2 Å². The Labute approximate surface area is 242 Å². The van der Waals surface area contributed by atoms with Gasteiger partial charge in [0.25, 0.3) is 15.9 Å². The van der Waals surface area contributed by atoms with Crippen molar-refractivity contribution in [3.8, 4) is 0 Å². The fraction of sp³-hybridized carbons (Fsp3) is 0.161. The van der Waals surface area contributed by atoms with Crippen LogP contribution >= 0.6 is 23.1 Å². The number of anilines is 2. The van der Waals surface area contributed by atoms with E-state index in [1.807, 2.05) is 79.1 Å². The van der Waals surface area contributed by atoms with E-state index in [1.165, 1.54) is 27.8 Å². The molecule has 0 unspecified atom stereocenters. The first kappa shape index (κ1) is 26.6. The lowest BCUT2D eigenvalue weighted by Gasteiger charge is -2.30. The zero-order valence-corrected chi connectivity index (χ0v) is 24.3. The Kier molecular flexibility index (Phi) is 7.35. The molecule has 0 spiro atoms. The van der Waals surface area contributed by atoms with Crippen LogP contribution in [0.1, 0.15) is 27.9 Å². The molecule has 1 amide bonds. The maximum absolute atomic E-state index is 13.9. The second-order valence-corrected chi connectivity index (χ2v) is 13.2. The minimum atomic E-state index is -3.77. The van der Waals surface area contributed by atoms with Crippen molar-refractivity contribution in [2.45, 2.75) is 29.2 Å². The number of fused-ring (bicyclic) bond motifs is 2. The minimum Gasteiger partial charge on any atom is -0.279 e. The van der Waals surface area contributed by atoms with Gasteiger partial charge in [0, 0.05) is 17.0 Å². The highest BCUT2D eigenvalue weighted by Gasteiger charge is 2.29. The number of thioether (sulfide) groups is 1. The summed E-state index contributed by atoms with van der Waals surface area (Å²) in [4.78, 5) is 21.7. The molecular weight excluding hydrogens is 559 g/mol. The van der Waals surface area contributed by atoms with E-state index in [9.17, 15) is 13.2 Å². The molecule has 0 N–H and O–H groups in total. The molecule has 1 aliphatic rings. The molecule has 0 atom stereocenters. The van der Waals surface area contributed by atoms with Crippen LogP contribution in [0.3, 0.4) is 0 Å². The predicted octanol–water partition coefficient (Wildman–Crippen LogP) is 7.01. The van der Waals surface area contributed by atoms with Gasteiger partial charge in [-0.05, 0) is 72.7 Å². The van der Waals surface area contributed by atoms with Crippen LogP contribution in [-0.2, 0) is 23.0 Å². The van der Waals surface area contributed by atoms with E-state index in [0.717, 1.165) is 44.8 Å². The van der Waals surface area contributed by atoms with Gasteiger partial charge in [-0.15, -0.1) is 11.8 Å². The van der Waals surface area contributed by atoms with Crippen LogP contribution in [0.4, 0.5) is 10.8 Å². The molecule has 0 saturated carbocycles. The van der Waals surface area contributed by atoms with Crippen LogP contribution in [0.15, 0.2) is 107 Å². The number of hydrogen-bond donors (Lipinski definition) is 0. The van der Waals surface area contributed by atoms with Crippen LogP contribution < -0.4 is 9.21 Å². The first-order chi connectivity index (χ1) is 19.5. The summed E-state index contributed by atoms with van der Waals surface area (Å²) in [6.07, 6.45) is 3.64. The number of hydrogen-bond acceptors (Lipinski definition) is 6. The van der Waals surface area contributed by atoms with Gasteiger partial charge < -0.3 is 0 Å². The lowest BCUT2D eigenvalue weighted by atomic mass is 10.0. The summed E-state index contributed by atoms with van der Waals surface area (Å²) in [7, 11) is -3.77. The fourth-order valence-corrected chi connectivity index (χ4v) is 8.14. The molecule has 0 radical (unpaired) electrons. The number of para-hydroxylation sites is 2. The largest absolute Gasteiger partial charge is 0.279 e. The second-order valence-electron chi connectivity index (χ2n) is 9.51. The van der Waals surface area contributed by atoms with Gasteiger partial charge in [-0.1, -0.05) is 65.9 Å². The fourth-order valence-electron chi connectivity index (χ4n) is 4.99. The molecule has 40 heavy (non-hydrogen) atoms.